The van der Waals surface area contributed by atoms with Crippen LogP contribution in [0.15, 0.2) is 12.1 Å². The molecule has 1 aromatic rings. The first-order valence-corrected chi connectivity index (χ1v) is 7.39. The Morgan fingerprint density at radius 3 is 2.45 bits per heavy atom. The van der Waals surface area contributed by atoms with Gasteiger partial charge >= 0.3 is 5.97 Å². The van der Waals surface area contributed by atoms with Crippen molar-refractivity contribution in [2.75, 3.05) is 23.9 Å². The van der Waals surface area contributed by atoms with Crippen LogP contribution in [-0.4, -0.2) is 30.0 Å². The Bertz CT molecular complexity index is 502. The Hall–Kier alpha value is -1.11. The highest BCUT2D eigenvalue weighted by Crippen LogP contribution is 2.33. The van der Waals surface area contributed by atoms with Crippen molar-refractivity contribution in [3.05, 3.63) is 22.2 Å². The zero-order valence-electron chi connectivity index (χ0n) is 10.9. The number of anilines is 2. The summed E-state index contributed by atoms with van der Waals surface area (Å²) in [7, 11) is 1.29. The van der Waals surface area contributed by atoms with Crippen molar-refractivity contribution in [1.29, 1.82) is 0 Å². The van der Waals surface area contributed by atoms with E-state index in [9.17, 15) is 9.59 Å². The van der Waals surface area contributed by atoms with Gasteiger partial charge in [-0.25, -0.2) is 0 Å². The molecule has 0 aliphatic rings. The van der Waals surface area contributed by atoms with Gasteiger partial charge in [0.05, 0.1) is 33.8 Å². The summed E-state index contributed by atoms with van der Waals surface area (Å²) in [4.78, 5) is 23.0. The number of halogens is 2. The predicted octanol–water partition coefficient (Wildman–Crippen LogP) is 2.81. The number of rotatable bonds is 5. The third kappa shape index (κ3) is 4.77. The molecule has 110 valence electrons. The molecule has 0 bridgehead atoms. The van der Waals surface area contributed by atoms with E-state index >= 15 is 0 Å². The molecule has 1 amide bonds. The fourth-order valence-corrected chi connectivity index (χ4v) is 2.58. The normalized spacial score (nSPS) is 11.8. The van der Waals surface area contributed by atoms with Crippen LogP contribution in [0.25, 0.3) is 0 Å². The second-order valence-corrected chi connectivity index (χ2v) is 6.02. The number of carbonyl (C=O) groups is 2. The quantitative estimate of drug-likeness (QED) is 0.638. The molecule has 0 aliphatic heterocycles. The second-order valence-electron chi connectivity index (χ2n) is 3.88. The summed E-state index contributed by atoms with van der Waals surface area (Å²) in [5.41, 5.74) is 6.29. The Morgan fingerprint density at radius 2 is 1.95 bits per heavy atom. The number of amides is 1. The molecule has 0 fully saturated rings. The van der Waals surface area contributed by atoms with E-state index in [0.717, 1.165) is 11.8 Å². The Kier molecular flexibility index (Phi) is 6.45. The van der Waals surface area contributed by atoms with Gasteiger partial charge in [0.15, 0.2) is 0 Å². The van der Waals surface area contributed by atoms with Crippen molar-refractivity contribution in [3.8, 4) is 0 Å². The SMILES string of the molecule is COC(=O)CSC(C)C(=O)Nc1c(Cl)cc(N)cc1Cl. The van der Waals surface area contributed by atoms with Crippen molar-refractivity contribution >= 4 is 58.2 Å². The summed E-state index contributed by atoms with van der Waals surface area (Å²) >= 11 is 13.1. The molecule has 0 saturated carbocycles. The van der Waals surface area contributed by atoms with E-state index in [1.165, 1.54) is 19.2 Å². The molecular formula is C12H14Cl2N2O3S. The van der Waals surface area contributed by atoms with Crippen LogP contribution in [0.5, 0.6) is 0 Å². The van der Waals surface area contributed by atoms with Crippen molar-refractivity contribution in [2.45, 2.75) is 12.2 Å². The molecule has 1 unspecified atom stereocenters. The zero-order chi connectivity index (χ0) is 15.3. The van der Waals surface area contributed by atoms with E-state index < -0.39 is 11.2 Å². The van der Waals surface area contributed by atoms with Gasteiger partial charge in [-0.3, -0.25) is 9.59 Å². The molecule has 0 aromatic heterocycles. The lowest BCUT2D eigenvalue weighted by molar-refractivity contribution is -0.137. The van der Waals surface area contributed by atoms with Crippen LogP contribution in [0.2, 0.25) is 10.0 Å². The predicted molar refractivity (Wildman–Crippen MR) is 83.4 cm³/mol. The van der Waals surface area contributed by atoms with E-state index in [2.05, 4.69) is 10.1 Å². The zero-order valence-corrected chi connectivity index (χ0v) is 13.2. The summed E-state index contributed by atoms with van der Waals surface area (Å²) < 4.78 is 4.50. The van der Waals surface area contributed by atoms with Crippen LogP contribution < -0.4 is 11.1 Å². The van der Waals surface area contributed by atoms with Gasteiger partial charge in [-0.2, -0.15) is 0 Å². The van der Waals surface area contributed by atoms with Crippen LogP contribution in [0.4, 0.5) is 11.4 Å². The number of nitrogens with two attached hydrogens (primary N) is 1. The van der Waals surface area contributed by atoms with Crippen LogP contribution in [0.3, 0.4) is 0 Å². The molecule has 1 rings (SSSR count). The highest BCUT2D eigenvalue weighted by atomic mass is 35.5. The number of esters is 1. The first-order valence-electron chi connectivity index (χ1n) is 5.59. The van der Waals surface area contributed by atoms with E-state index in [0.29, 0.717) is 11.4 Å². The number of thioether (sulfide) groups is 1. The number of nitrogens with one attached hydrogen (secondary N) is 1. The minimum absolute atomic E-state index is 0.0916. The minimum atomic E-state index is -0.459. The standard InChI is InChI=1S/C12H14Cl2N2O3S/c1-6(20-5-10(17)19-2)12(18)16-11-8(13)3-7(15)4-9(11)14/h3-4,6H,5,15H2,1-2H3,(H,16,18). The number of ether oxygens (including phenoxy) is 1. The van der Waals surface area contributed by atoms with Gasteiger partial charge in [-0.1, -0.05) is 23.2 Å². The van der Waals surface area contributed by atoms with Crippen LogP contribution in [0.1, 0.15) is 6.92 Å². The topological polar surface area (TPSA) is 81.4 Å². The minimum Gasteiger partial charge on any atom is -0.468 e. The second kappa shape index (κ2) is 7.61. The van der Waals surface area contributed by atoms with E-state index in [1.807, 2.05) is 0 Å². The highest BCUT2D eigenvalue weighted by molar-refractivity contribution is 8.01. The van der Waals surface area contributed by atoms with Gasteiger partial charge in [-0.15, -0.1) is 11.8 Å². The summed E-state index contributed by atoms with van der Waals surface area (Å²) in [6.07, 6.45) is 0. The average molecular weight is 337 g/mol. The number of hydrogen-bond acceptors (Lipinski definition) is 5. The Morgan fingerprint density at radius 1 is 1.40 bits per heavy atom. The maximum Gasteiger partial charge on any atom is 0.315 e. The number of nitrogen functional groups attached to an aromatic ring is 1. The fourth-order valence-electron chi connectivity index (χ4n) is 1.26. The Balaban J connectivity index is 2.69. The van der Waals surface area contributed by atoms with Gasteiger partial charge in [0.1, 0.15) is 0 Å². The van der Waals surface area contributed by atoms with Crippen LogP contribution in [-0.2, 0) is 14.3 Å². The summed E-state index contributed by atoms with van der Waals surface area (Å²) in [6, 6.07) is 2.99. The first-order chi connectivity index (χ1) is 9.35. The lowest BCUT2D eigenvalue weighted by atomic mass is 10.2. The van der Waals surface area contributed by atoms with E-state index in [4.69, 9.17) is 28.9 Å². The molecular weight excluding hydrogens is 323 g/mol. The number of methoxy groups -OCH3 is 1. The largest absolute Gasteiger partial charge is 0.468 e. The molecule has 1 atom stereocenters. The molecule has 20 heavy (non-hydrogen) atoms. The summed E-state index contributed by atoms with van der Waals surface area (Å²) in [5.74, 6) is -0.612. The number of carbonyl (C=O) groups excluding carboxylic acids is 2. The summed E-state index contributed by atoms with van der Waals surface area (Å²) in [6.45, 7) is 1.67. The van der Waals surface area contributed by atoms with Gasteiger partial charge in [0.2, 0.25) is 5.91 Å². The molecule has 0 heterocycles. The monoisotopic (exact) mass is 336 g/mol. The number of hydrogen-bond donors (Lipinski definition) is 2. The van der Waals surface area contributed by atoms with Crippen molar-refractivity contribution in [2.24, 2.45) is 0 Å². The number of benzene rings is 1. The fraction of sp³-hybridized carbons (Fsp3) is 0.333. The van der Waals surface area contributed by atoms with Crippen LogP contribution in [0, 0.1) is 0 Å². The summed E-state index contributed by atoms with van der Waals surface area (Å²) in [5, 5.41) is 2.67. The smallest absolute Gasteiger partial charge is 0.315 e. The van der Waals surface area contributed by atoms with Gasteiger partial charge in [0.25, 0.3) is 0 Å². The van der Waals surface area contributed by atoms with Gasteiger partial charge in [0, 0.05) is 5.69 Å². The maximum atomic E-state index is 12.0. The van der Waals surface area contributed by atoms with E-state index in [-0.39, 0.29) is 21.7 Å². The lowest BCUT2D eigenvalue weighted by Crippen LogP contribution is -2.24. The van der Waals surface area contributed by atoms with Crippen molar-refractivity contribution in [1.82, 2.24) is 0 Å². The van der Waals surface area contributed by atoms with E-state index in [1.54, 1.807) is 6.92 Å². The Labute approximate surface area is 131 Å². The molecule has 8 heteroatoms. The van der Waals surface area contributed by atoms with Crippen molar-refractivity contribution < 1.29 is 14.3 Å². The molecule has 0 aliphatic carbocycles. The van der Waals surface area contributed by atoms with Gasteiger partial charge < -0.3 is 15.8 Å². The molecule has 5 nitrogen and oxygen atoms in total. The molecule has 1 aromatic carbocycles. The first kappa shape index (κ1) is 16.9. The third-order valence-electron chi connectivity index (χ3n) is 2.36. The lowest BCUT2D eigenvalue weighted by Gasteiger charge is -2.14. The molecule has 0 radical (unpaired) electrons. The molecule has 3 N–H and O–H groups in total. The maximum absolute atomic E-state index is 12.0. The van der Waals surface area contributed by atoms with Gasteiger partial charge in [-0.05, 0) is 19.1 Å². The van der Waals surface area contributed by atoms with Crippen molar-refractivity contribution in [3.63, 3.8) is 0 Å². The highest BCUT2D eigenvalue weighted by Gasteiger charge is 2.18. The average Bonchev–Trinajstić information content (AvgIpc) is 2.39. The molecule has 0 saturated heterocycles. The van der Waals surface area contributed by atoms with Crippen LogP contribution >= 0.6 is 35.0 Å². The third-order valence-corrected chi connectivity index (χ3v) is 4.07. The molecule has 0 spiro atoms.